The molecule has 16 heavy (non-hydrogen) atoms. The van der Waals surface area contributed by atoms with Gasteiger partial charge in [-0.2, -0.15) is 0 Å². The van der Waals surface area contributed by atoms with Crippen LogP contribution in [0, 0.1) is 11.7 Å². The van der Waals surface area contributed by atoms with Crippen LogP contribution in [0.15, 0.2) is 24.3 Å². The van der Waals surface area contributed by atoms with Crippen molar-refractivity contribution in [1.82, 2.24) is 0 Å². The van der Waals surface area contributed by atoms with Gasteiger partial charge in [0, 0.05) is 12.2 Å². The summed E-state index contributed by atoms with van der Waals surface area (Å²) in [4.78, 5) is 0. The molecule has 0 radical (unpaired) electrons. The van der Waals surface area contributed by atoms with Crippen LogP contribution in [0.3, 0.4) is 0 Å². The highest BCUT2D eigenvalue weighted by molar-refractivity contribution is 5.42. The molecule has 1 aromatic rings. The lowest BCUT2D eigenvalue weighted by Gasteiger charge is -2.16. The number of unbranched alkanes of at least 4 members (excludes halogenated alkanes) is 1. The molecule has 0 saturated heterocycles. The van der Waals surface area contributed by atoms with Gasteiger partial charge in [-0.1, -0.05) is 33.1 Å². The molecule has 0 amide bonds. The molecule has 1 rings (SSSR count). The van der Waals surface area contributed by atoms with Gasteiger partial charge in [-0.3, -0.25) is 0 Å². The average Bonchev–Trinajstić information content (AvgIpc) is 2.32. The van der Waals surface area contributed by atoms with E-state index < -0.39 is 0 Å². The van der Waals surface area contributed by atoms with Crippen LogP contribution in [-0.2, 0) is 0 Å². The van der Waals surface area contributed by atoms with Gasteiger partial charge in [0.1, 0.15) is 5.82 Å². The first kappa shape index (κ1) is 13.0. The molecule has 1 unspecified atom stereocenters. The molecule has 0 spiro atoms. The first-order valence-electron chi connectivity index (χ1n) is 6.25. The Hall–Kier alpha value is -1.05. The van der Waals surface area contributed by atoms with Gasteiger partial charge in [-0.25, -0.2) is 4.39 Å². The van der Waals surface area contributed by atoms with Crippen LogP contribution in [0.25, 0.3) is 0 Å². The van der Waals surface area contributed by atoms with E-state index in [2.05, 4.69) is 19.2 Å². The minimum Gasteiger partial charge on any atom is -0.385 e. The lowest BCUT2D eigenvalue weighted by Crippen LogP contribution is -2.13. The average molecular weight is 223 g/mol. The fourth-order valence-corrected chi connectivity index (χ4v) is 1.77. The van der Waals surface area contributed by atoms with Gasteiger partial charge in [0.2, 0.25) is 0 Å². The molecule has 0 fully saturated rings. The number of anilines is 1. The Morgan fingerprint density at radius 2 is 1.88 bits per heavy atom. The Balaban J connectivity index is 2.34. The van der Waals surface area contributed by atoms with Crippen molar-refractivity contribution in [2.45, 2.75) is 39.5 Å². The molecule has 90 valence electrons. The molecule has 0 aromatic heterocycles. The summed E-state index contributed by atoms with van der Waals surface area (Å²) < 4.78 is 12.7. The zero-order chi connectivity index (χ0) is 11.8. The molecular weight excluding hydrogens is 201 g/mol. The maximum Gasteiger partial charge on any atom is 0.123 e. The molecule has 0 bridgehead atoms. The summed E-state index contributed by atoms with van der Waals surface area (Å²) in [5, 5.41) is 3.37. The number of benzene rings is 1. The molecule has 0 aliphatic carbocycles. The summed E-state index contributed by atoms with van der Waals surface area (Å²) in [5.74, 6) is 0.550. The topological polar surface area (TPSA) is 12.0 Å². The maximum atomic E-state index is 12.7. The van der Waals surface area contributed by atoms with Crippen LogP contribution in [0.5, 0.6) is 0 Å². The first-order chi connectivity index (χ1) is 7.76. The van der Waals surface area contributed by atoms with Crippen LogP contribution in [0.2, 0.25) is 0 Å². The van der Waals surface area contributed by atoms with Crippen molar-refractivity contribution in [3.63, 3.8) is 0 Å². The minimum absolute atomic E-state index is 0.177. The van der Waals surface area contributed by atoms with Gasteiger partial charge in [-0.15, -0.1) is 0 Å². The van der Waals surface area contributed by atoms with Gasteiger partial charge < -0.3 is 5.32 Å². The lowest BCUT2D eigenvalue weighted by molar-refractivity contribution is 0.473. The summed E-state index contributed by atoms with van der Waals surface area (Å²) in [7, 11) is 0. The highest BCUT2D eigenvalue weighted by Gasteiger charge is 2.05. The Morgan fingerprint density at radius 1 is 1.19 bits per heavy atom. The standard InChI is InChI=1S/C14H22FN/c1-3-5-6-12(4-2)11-16-14-9-7-13(15)8-10-14/h7-10,12,16H,3-6,11H2,1-2H3. The molecule has 1 N–H and O–H groups in total. The number of rotatable bonds is 7. The fourth-order valence-electron chi connectivity index (χ4n) is 1.77. The van der Waals surface area contributed by atoms with Crippen LogP contribution >= 0.6 is 0 Å². The molecule has 0 saturated carbocycles. The van der Waals surface area contributed by atoms with E-state index in [1.807, 2.05) is 0 Å². The van der Waals surface area contributed by atoms with Crippen LogP contribution in [0.1, 0.15) is 39.5 Å². The van der Waals surface area contributed by atoms with Crippen molar-refractivity contribution < 1.29 is 4.39 Å². The van der Waals surface area contributed by atoms with Gasteiger partial charge >= 0.3 is 0 Å². The van der Waals surface area contributed by atoms with E-state index in [0.29, 0.717) is 0 Å². The van der Waals surface area contributed by atoms with E-state index in [-0.39, 0.29) is 5.82 Å². The van der Waals surface area contributed by atoms with Crippen molar-refractivity contribution in [3.05, 3.63) is 30.1 Å². The van der Waals surface area contributed by atoms with Gasteiger partial charge in [0.05, 0.1) is 0 Å². The molecule has 0 heterocycles. The minimum atomic E-state index is -0.177. The van der Waals surface area contributed by atoms with E-state index in [9.17, 15) is 4.39 Å². The Morgan fingerprint density at radius 3 is 2.44 bits per heavy atom. The molecule has 0 aliphatic heterocycles. The van der Waals surface area contributed by atoms with Gasteiger partial charge in [0.25, 0.3) is 0 Å². The predicted octanol–water partition coefficient (Wildman–Crippen LogP) is 4.45. The predicted molar refractivity (Wildman–Crippen MR) is 68.2 cm³/mol. The third-order valence-electron chi connectivity index (χ3n) is 2.98. The summed E-state index contributed by atoms with van der Waals surface area (Å²) in [5.41, 5.74) is 1.01. The zero-order valence-electron chi connectivity index (χ0n) is 10.3. The van der Waals surface area contributed by atoms with Crippen LogP contribution in [-0.4, -0.2) is 6.54 Å². The van der Waals surface area contributed by atoms with Crippen molar-refractivity contribution in [1.29, 1.82) is 0 Å². The van der Waals surface area contributed by atoms with E-state index in [1.165, 1.54) is 37.8 Å². The summed E-state index contributed by atoms with van der Waals surface area (Å²) in [6.07, 6.45) is 5.03. The van der Waals surface area contributed by atoms with Crippen LogP contribution in [0.4, 0.5) is 10.1 Å². The van der Waals surface area contributed by atoms with Crippen molar-refractivity contribution in [3.8, 4) is 0 Å². The molecule has 1 aromatic carbocycles. The Labute approximate surface area is 98.1 Å². The van der Waals surface area contributed by atoms with Gasteiger partial charge in [-0.05, 0) is 36.6 Å². The molecule has 0 aliphatic rings. The van der Waals surface area contributed by atoms with Crippen LogP contribution < -0.4 is 5.32 Å². The van der Waals surface area contributed by atoms with Crippen molar-refractivity contribution in [2.24, 2.45) is 5.92 Å². The smallest absolute Gasteiger partial charge is 0.123 e. The monoisotopic (exact) mass is 223 g/mol. The molecular formula is C14H22FN. The number of hydrogen-bond donors (Lipinski definition) is 1. The quantitative estimate of drug-likeness (QED) is 0.720. The van der Waals surface area contributed by atoms with Crippen molar-refractivity contribution >= 4 is 5.69 Å². The second kappa shape index (κ2) is 7.26. The summed E-state index contributed by atoms with van der Waals surface area (Å²) in [6.45, 7) is 5.44. The second-order valence-electron chi connectivity index (χ2n) is 4.30. The summed E-state index contributed by atoms with van der Waals surface area (Å²) in [6, 6.07) is 6.58. The molecule has 1 nitrogen and oxygen atoms in total. The lowest BCUT2D eigenvalue weighted by atomic mass is 9.99. The molecule has 2 heteroatoms. The number of hydrogen-bond acceptors (Lipinski definition) is 1. The van der Waals surface area contributed by atoms with Crippen molar-refractivity contribution in [2.75, 3.05) is 11.9 Å². The zero-order valence-corrected chi connectivity index (χ0v) is 10.3. The van der Waals surface area contributed by atoms with E-state index >= 15 is 0 Å². The van der Waals surface area contributed by atoms with E-state index in [1.54, 1.807) is 12.1 Å². The Bertz CT molecular complexity index is 281. The largest absolute Gasteiger partial charge is 0.385 e. The second-order valence-corrected chi connectivity index (χ2v) is 4.30. The molecule has 1 atom stereocenters. The third kappa shape index (κ3) is 4.65. The highest BCUT2D eigenvalue weighted by atomic mass is 19.1. The number of halogens is 1. The number of nitrogens with one attached hydrogen (secondary N) is 1. The SMILES string of the molecule is CCCCC(CC)CNc1ccc(F)cc1. The first-order valence-corrected chi connectivity index (χ1v) is 6.25. The summed E-state index contributed by atoms with van der Waals surface area (Å²) >= 11 is 0. The van der Waals surface area contributed by atoms with E-state index in [4.69, 9.17) is 0 Å². The highest BCUT2D eigenvalue weighted by Crippen LogP contribution is 2.15. The normalized spacial score (nSPS) is 12.4. The van der Waals surface area contributed by atoms with E-state index in [0.717, 1.165) is 18.2 Å². The Kier molecular flexibility index (Phi) is 5.91. The third-order valence-corrected chi connectivity index (χ3v) is 2.98. The maximum absolute atomic E-state index is 12.7. The van der Waals surface area contributed by atoms with Gasteiger partial charge in [0.15, 0.2) is 0 Å². The fraction of sp³-hybridized carbons (Fsp3) is 0.571.